The minimum Gasteiger partial charge on any atom is -0.494 e. The Hall–Kier alpha value is -2.59. The van der Waals surface area contributed by atoms with Crippen LogP contribution in [0, 0.1) is 20.8 Å². The molecule has 0 radical (unpaired) electrons. The summed E-state index contributed by atoms with van der Waals surface area (Å²) in [7, 11) is 0. The first-order valence-electron chi connectivity index (χ1n) is 9.84. The van der Waals surface area contributed by atoms with Crippen LogP contribution in [0.4, 0.5) is 0 Å². The maximum atomic E-state index is 12.2. The molecule has 1 atom stereocenters. The molecular formula is C25H32O4. The molecule has 0 aliphatic carbocycles. The molecule has 0 heterocycles. The molecule has 0 aliphatic heterocycles. The predicted octanol–water partition coefficient (Wildman–Crippen LogP) is 4.44. The van der Waals surface area contributed by atoms with Crippen molar-refractivity contribution in [3.8, 4) is 16.9 Å². The van der Waals surface area contributed by atoms with Gasteiger partial charge in [-0.3, -0.25) is 0 Å². The molecule has 2 aromatic rings. The fraction of sp³-hybridized carbons (Fsp3) is 0.400. The predicted molar refractivity (Wildman–Crippen MR) is 119 cm³/mol. The van der Waals surface area contributed by atoms with Gasteiger partial charge < -0.3 is 14.6 Å². The summed E-state index contributed by atoms with van der Waals surface area (Å²) in [5, 5.41) is 11.5. The van der Waals surface area contributed by atoms with Crippen molar-refractivity contribution in [2.75, 3.05) is 6.61 Å². The van der Waals surface area contributed by atoms with Gasteiger partial charge in [0.1, 0.15) is 5.75 Å². The third-order valence-electron chi connectivity index (χ3n) is 5.04. The smallest absolute Gasteiger partial charge is 0.337 e. The van der Waals surface area contributed by atoms with Crippen LogP contribution in [0.1, 0.15) is 56.1 Å². The molecule has 0 aliphatic rings. The fourth-order valence-electron chi connectivity index (χ4n) is 3.56. The molecule has 1 N–H and O–H groups in total. The number of hydrogen-bond donors (Lipinski definition) is 1. The van der Waals surface area contributed by atoms with Gasteiger partial charge in [-0.25, -0.2) is 4.79 Å². The van der Waals surface area contributed by atoms with Crippen LogP contribution in [0.2, 0.25) is 0 Å². The Bertz CT molecular complexity index is 1030. The van der Waals surface area contributed by atoms with Crippen molar-refractivity contribution >= 4 is 19.1 Å². The van der Waals surface area contributed by atoms with E-state index in [2.05, 4.69) is 13.2 Å². The van der Waals surface area contributed by atoms with Crippen LogP contribution in [0.3, 0.4) is 0 Å². The van der Waals surface area contributed by atoms with Gasteiger partial charge in [0.2, 0.25) is 0 Å². The van der Waals surface area contributed by atoms with E-state index in [9.17, 15) is 9.90 Å². The van der Waals surface area contributed by atoms with Gasteiger partial charge in [0.25, 0.3) is 0 Å². The van der Waals surface area contributed by atoms with Gasteiger partial charge in [0, 0.05) is 5.56 Å². The third-order valence-corrected chi connectivity index (χ3v) is 5.04. The van der Waals surface area contributed by atoms with E-state index in [0.717, 1.165) is 38.8 Å². The molecule has 0 saturated carbocycles. The highest BCUT2D eigenvalue weighted by atomic mass is 16.5. The standard InChI is InChI=1S/C25H32O4/c1-10-28-20-12-11-19(17(5)18(20)6)22-16(4)14(2)13-15(3)21(22)23(24(26)27)29-25(7,8)9/h11-13,23H,2,4,10H2,1,3,5-9H3,(H,26,27). The van der Waals surface area contributed by atoms with Crippen LogP contribution in [-0.2, 0) is 9.53 Å². The molecule has 0 fully saturated rings. The monoisotopic (exact) mass is 396 g/mol. The molecule has 156 valence electrons. The van der Waals surface area contributed by atoms with Crippen LogP contribution >= 0.6 is 0 Å². The molecule has 2 aromatic carbocycles. The summed E-state index contributed by atoms with van der Waals surface area (Å²) in [5.41, 5.74) is 4.55. The number of ether oxygens (including phenoxy) is 2. The molecule has 0 aromatic heterocycles. The molecule has 29 heavy (non-hydrogen) atoms. The molecule has 2 rings (SSSR count). The molecule has 0 bridgehead atoms. The Morgan fingerprint density at radius 2 is 1.76 bits per heavy atom. The molecule has 0 amide bonds. The number of benzene rings is 2. The molecule has 4 nitrogen and oxygen atoms in total. The molecule has 0 spiro atoms. The van der Waals surface area contributed by atoms with Crippen LogP contribution in [0.5, 0.6) is 5.75 Å². The second kappa shape index (κ2) is 8.42. The van der Waals surface area contributed by atoms with Crippen molar-refractivity contribution in [3.63, 3.8) is 0 Å². The molecule has 0 saturated heterocycles. The lowest BCUT2D eigenvalue weighted by molar-refractivity contribution is -0.160. The molecule has 1 unspecified atom stereocenters. The fourth-order valence-corrected chi connectivity index (χ4v) is 3.56. The first kappa shape index (κ1) is 22.7. The van der Waals surface area contributed by atoms with Crippen molar-refractivity contribution < 1.29 is 19.4 Å². The van der Waals surface area contributed by atoms with Crippen molar-refractivity contribution in [2.24, 2.45) is 0 Å². The topological polar surface area (TPSA) is 55.8 Å². The minimum atomic E-state index is -1.11. The molecule has 4 heteroatoms. The highest BCUT2D eigenvalue weighted by Gasteiger charge is 2.31. The van der Waals surface area contributed by atoms with Gasteiger partial charge in [0.05, 0.1) is 12.2 Å². The number of carboxylic acid groups (broad SMARTS) is 1. The van der Waals surface area contributed by atoms with Gasteiger partial charge >= 0.3 is 5.97 Å². The van der Waals surface area contributed by atoms with Crippen molar-refractivity contribution in [2.45, 2.75) is 60.2 Å². The average molecular weight is 397 g/mol. The van der Waals surface area contributed by atoms with Crippen LogP contribution in [-0.4, -0.2) is 23.3 Å². The number of aliphatic carboxylic acids is 1. The van der Waals surface area contributed by atoms with Gasteiger partial charge in [-0.05, 0) is 92.8 Å². The van der Waals surface area contributed by atoms with Crippen LogP contribution < -0.4 is 15.2 Å². The first-order chi connectivity index (χ1) is 13.4. The zero-order valence-electron chi connectivity index (χ0n) is 18.6. The van der Waals surface area contributed by atoms with Crippen molar-refractivity contribution in [3.05, 3.63) is 50.9 Å². The summed E-state index contributed by atoms with van der Waals surface area (Å²) in [4.78, 5) is 12.2. The summed E-state index contributed by atoms with van der Waals surface area (Å²) in [6.07, 6.45) is -1.11. The first-order valence-corrected chi connectivity index (χ1v) is 9.84. The Morgan fingerprint density at radius 3 is 2.28 bits per heavy atom. The average Bonchev–Trinajstić information content (AvgIpc) is 2.60. The van der Waals surface area contributed by atoms with Crippen LogP contribution in [0.15, 0.2) is 18.2 Å². The second-order valence-electron chi connectivity index (χ2n) is 8.36. The van der Waals surface area contributed by atoms with E-state index < -0.39 is 17.7 Å². The Balaban J connectivity index is 2.89. The van der Waals surface area contributed by atoms with Crippen LogP contribution in [0.25, 0.3) is 24.3 Å². The van der Waals surface area contributed by atoms with Crippen molar-refractivity contribution in [1.82, 2.24) is 0 Å². The van der Waals surface area contributed by atoms with E-state index in [1.807, 2.05) is 66.7 Å². The lowest BCUT2D eigenvalue weighted by Crippen LogP contribution is -2.33. The normalized spacial score (nSPS) is 12.7. The summed E-state index contributed by atoms with van der Waals surface area (Å²) in [6, 6.07) is 5.77. The zero-order chi connectivity index (χ0) is 22.1. The maximum absolute atomic E-state index is 12.2. The quantitative estimate of drug-likeness (QED) is 0.784. The second-order valence-corrected chi connectivity index (χ2v) is 8.36. The molecular weight excluding hydrogens is 364 g/mol. The highest BCUT2D eigenvalue weighted by molar-refractivity contribution is 5.83. The Kier molecular flexibility index (Phi) is 6.59. The number of carboxylic acids is 1. The van der Waals surface area contributed by atoms with E-state index in [0.29, 0.717) is 17.4 Å². The van der Waals surface area contributed by atoms with Gasteiger partial charge in [-0.1, -0.05) is 25.3 Å². The number of hydrogen-bond acceptors (Lipinski definition) is 3. The highest BCUT2D eigenvalue weighted by Crippen LogP contribution is 2.36. The van der Waals surface area contributed by atoms with Gasteiger partial charge in [-0.2, -0.15) is 0 Å². The zero-order valence-corrected chi connectivity index (χ0v) is 18.6. The summed E-state index contributed by atoms with van der Waals surface area (Å²) < 4.78 is 11.7. The number of rotatable bonds is 6. The largest absolute Gasteiger partial charge is 0.494 e. The van der Waals surface area contributed by atoms with E-state index in [1.54, 1.807) is 0 Å². The van der Waals surface area contributed by atoms with Crippen molar-refractivity contribution in [1.29, 1.82) is 0 Å². The maximum Gasteiger partial charge on any atom is 0.337 e. The summed E-state index contributed by atoms with van der Waals surface area (Å²) >= 11 is 0. The third kappa shape index (κ3) is 4.70. The number of carbonyl (C=O) groups is 1. The minimum absolute atomic E-state index is 0.583. The van der Waals surface area contributed by atoms with Gasteiger partial charge in [0.15, 0.2) is 6.10 Å². The SMILES string of the molecule is C=c1cc(C)c(C(OC(C)(C)C)C(=O)O)c(-c2ccc(OCC)c(C)c2C)c1=C. The summed E-state index contributed by atoms with van der Waals surface area (Å²) in [6.45, 7) is 22.3. The lowest BCUT2D eigenvalue weighted by Gasteiger charge is -2.28. The van der Waals surface area contributed by atoms with E-state index in [4.69, 9.17) is 9.47 Å². The van der Waals surface area contributed by atoms with E-state index in [-0.39, 0.29) is 0 Å². The lowest BCUT2D eigenvalue weighted by atomic mass is 9.86. The van der Waals surface area contributed by atoms with E-state index >= 15 is 0 Å². The Morgan fingerprint density at radius 1 is 1.14 bits per heavy atom. The van der Waals surface area contributed by atoms with Gasteiger partial charge in [-0.15, -0.1) is 0 Å². The Labute approximate surface area is 173 Å². The van der Waals surface area contributed by atoms with E-state index in [1.165, 1.54) is 0 Å². The number of aryl methyl sites for hydroxylation is 1. The summed E-state index contributed by atoms with van der Waals surface area (Å²) in [5.74, 6) is -0.204.